The molecule has 2 aromatic rings. The molecule has 10 heteroatoms. The summed E-state index contributed by atoms with van der Waals surface area (Å²) in [5.74, 6) is 0.105. The summed E-state index contributed by atoms with van der Waals surface area (Å²) in [4.78, 5) is 29.7. The molecule has 0 aliphatic heterocycles. The number of aromatic amines is 1. The van der Waals surface area contributed by atoms with E-state index in [1.54, 1.807) is 0 Å². The van der Waals surface area contributed by atoms with Crippen LogP contribution in [0.5, 0.6) is 0 Å². The molecule has 1 fully saturated rings. The molecule has 1 saturated carbocycles. The van der Waals surface area contributed by atoms with Crippen LogP contribution in [0.3, 0.4) is 0 Å². The molecule has 2 atom stereocenters. The number of sulfonamides is 1. The third-order valence-electron chi connectivity index (χ3n) is 5.39. The van der Waals surface area contributed by atoms with Crippen LogP contribution in [0, 0.1) is 5.92 Å². The Labute approximate surface area is 150 Å². The molecule has 2 heterocycles. The third kappa shape index (κ3) is 3.08. The van der Waals surface area contributed by atoms with E-state index in [1.165, 1.54) is 13.1 Å². The van der Waals surface area contributed by atoms with Gasteiger partial charge in [0.05, 0.1) is 5.39 Å². The van der Waals surface area contributed by atoms with Gasteiger partial charge in [0.15, 0.2) is 0 Å². The van der Waals surface area contributed by atoms with E-state index in [9.17, 15) is 18.0 Å². The molecule has 0 radical (unpaired) electrons. The van der Waals surface area contributed by atoms with Crippen molar-refractivity contribution >= 4 is 21.1 Å². The molecule has 2 aromatic heterocycles. The van der Waals surface area contributed by atoms with Gasteiger partial charge >= 0.3 is 5.69 Å². The minimum atomic E-state index is -3.93. The lowest BCUT2D eigenvalue weighted by atomic mass is 9.74. The molecule has 0 spiro atoms. The van der Waals surface area contributed by atoms with Gasteiger partial charge in [0, 0.05) is 25.3 Å². The summed E-state index contributed by atoms with van der Waals surface area (Å²) in [6.07, 6.45) is 4.67. The molecule has 1 aliphatic rings. The highest BCUT2D eigenvalue weighted by Gasteiger charge is 2.40. The Morgan fingerprint density at radius 3 is 2.81 bits per heavy atom. The lowest BCUT2D eigenvalue weighted by Gasteiger charge is -2.42. The van der Waals surface area contributed by atoms with Crippen molar-refractivity contribution in [1.29, 1.82) is 0 Å². The van der Waals surface area contributed by atoms with Gasteiger partial charge < -0.3 is 5.73 Å². The largest absolute Gasteiger partial charge is 0.329 e. The highest BCUT2D eigenvalue weighted by molar-refractivity contribution is 7.89. The van der Waals surface area contributed by atoms with Crippen molar-refractivity contribution in [2.75, 3.05) is 6.54 Å². The molecule has 0 aromatic carbocycles. The standard InChI is InChI=1S/C16H23N5O4S/c1-10-5-3-4-6-16(10,9-17)20-26(24,25)11-7-12-13(18-8-11)21(2)15(23)19-14(12)22/h7-8,10,20H,3-6,9,17H2,1-2H3,(H,19,22,23). The van der Waals surface area contributed by atoms with Crippen LogP contribution >= 0.6 is 0 Å². The van der Waals surface area contributed by atoms with Gasteiger partial charge in [-0.2, -0.15) is 0 Å². The zero-order valence-electron chi connectivity index (χ0n) is 14.8. The SMILES string of the molecule is CC1CCCCC1(CN)NS(=O)(=O)c1cnc2c(c1)c(=O)[nH]c(=O)n2C. The first-order valence-corrected chi connectivity index (χ1v) is 10.0. The maximum Gasteiger partial charge on any atom is 0.329 e. The molecule has 0 amide bonds. The predicted octanol–water partition coefficient (Wildman–Crippen LogP) is -0.192. The van der Waals surface area contributed by atoms with Crippen LogP contribution in [0.25, 0.3) is 11.0 Å². The van der Waals surface area contributed by atoms with Crippen LogP contribution in [-0.2, 0) is 17.1 Å². The number of nitrogens with zero attached hydrogens (tertiary/aromatic N) is 2. The number of hydrogen-bond acceptors (Lipinski definition) is 6. The van der Waals surface area contributed by atoms with Gasteiger partial charge in [0.2, 0.25) is 10.0 Å². The topological polar surface area (TPSA) is 140 Å². The van der Waals surface area contributed by atoms with Crippen LogP contribution < -0.4 is 21.7 Å². The fourth-order valence-electron chi connectivity index (χ4n) is 3.60. The Hall–Kier alpha value is -2.04. The van der Waals surface area contributed by atoms with Crippen LogP contribution in [0.4, 0.5) is 0 Å². The molecule has 3 rings (SSSR count). The van der Waals surface area contributed by atoms with Crippen LogP contribution in [0.1, 0.15) is 32.6 Å². The number of pyridine rings is 1. The molecule has 1 aliphatic carbocycles. The Bertz CT molecular complexity index is 1060. The maximum atomic E-state index is 12.9. The Morgan fingerprint density at radius 1 is 1.42 bits per heavy atom. The number of nitrogens with one attached hydrogen (secondary N) is 2. The first-order chi connectivity index (χ1) is 12.2. The molecule has 4 N–H and O–H groups in total. The van der Waals surface area contributed by atoms with Gasteiger partial charge in [-0.15, -0.1) is 0 Å². The summed E-state index contributed by atoms with van der Waals surface area (Å²) in [6.45, 7) is 2.19. The zero-order valence-corrected chi connectivity index (χ0v) is 15.6. The molecule has 142 valence electrons. The summed E-state index contributed by atoms with van der Waals surface area (Å²) >= 11 is 0. The van der Waals surface area contributed by atoms with Crippen molar-refractivity contribution in [2.45, 2.75) is 43.0 Å². The van der Waals surface area contributed by atoms with E-state index in [4.69, 9.17) is 5.73 Å². The van der Waals surface area contributed by atoms with Gasteiger partial charge in [-0.05, 0) is 24.8 Å². The number of fused-ring (bicyclic) bond motifs is 1. The second-order valence-corrected chi connectivity index (χ2v) is 8.66. The minimum absolute atomic E-state index is 0.0356. The minimum Gasteiger partial charge on any atom is -0.329 e. The van der Waals surface area contributed by atoms with E-state index in [0.717, 1.165) is 30.0 Å². The van der Waals surface area contributed by atoms with Crippen molar-refractivity contribution in [2.24, 2.45) is 18.7 Å². The van der Waals surface area contributed by atoms with E-state index in [2.05, 4.69) is 14.7 Å². The Balaban J connectivity index is 2.07. The lowest BCUT2D eigenvalue weighted by molar-refractivity contribution is 0.191. The highest BCUT2D eigenvalue weighted by atomic mass is 32.2. The van der Waals surface area contributed by atoms with E-state index >= 15 is 0 Å². The summed E-state index contributed by atoms with van der Waals surface area (Å²) in [7, 11) is -2.48. The van der Waals surface area contributed by atoms with Gasteiger partial charge in [0.1, 0.15) is 10.5 Å². The second kappa shape index (κ2) is 6.60. The lowest BCUT2D eigenvalue weighted by Crippen LogP contribution is -2.58. The molecule has 2 unspecified atom stereocenters. The molecule has 0 saturated heterocycles. The average Bonchev–Trinajstić information content (AvgIpc) is 2.61. The first kappa shape index (κ1) is 18.7. The maximum absolute atomic E-state index is 12.9. The van der Waals surface area contributed by atoms with Crippen molar-refractivity contribution in [3.63, 3.8) is 0 Å². The normalized spacial score (nSPS) is 24.0. The van der Waals surface area contributed by atoms with Gasteiger partial charge in [-0.3, -0.25) is 14.3 Å². The molecule has 0 bridgehead atoms. The highest BCUT2D eigenvalue weighted by Crippen LogP contribution is 2.34. The number of H-pyrrole nitrogens is 1. The average molecular weight is 381 g/mol. The fraction of sp³-hybridized carbons (Fsp3) is 0.562. The monoisotopic (exact) mass is 381 g/mol. The quantitative estimate of drug-likeness (QED) is 0.670. The van der Waals surface area contributed by atoms with Crippen molar-refractivity contribution < 1.29 is 8.42 Å². The summed E-state index contributed by atoms with van der Waals surface area (Å²) in [5, 5.41) is 0.0356. The number of rotatable bonds is 4. The Morgan fingerprint density at radius 2 is 2.15 bits per heavy atom. The number of aromatic nitrogens is 3. The predicted molar refractivity (Wildman–Crippen MR) is 97.3 cm³/mol. The van der Waals surface area contributed by atoms with E-state index in [-0.39, 0.29) is 28.4 Å². The van der Waals surface area contributed by atoms with Crippen LogP contribution in [0.2, 0.25) is 0 Å². The van der Waals surface area contributed by atoms with E-state index in [0.29, 0.717) is 6.42 Å². The first-order valence-electron chi connectivity index (χ1n) is 8.53. The van der Waals surface area contributed by atoms with Crippen LogP contribution in [0.15, 0.2) is 26.7 Å². The third-order valence-corrected chi connectivity index (χ3v) is 6.91. The fourth-order valence-corrected chi connectivity index (χ4v) is 5.11. The van der Waals surface area contributed by atoms with Gasteiger partial charge in [-0.25, -0.2) is 22.9 Å². The van der Waals surface area contributed by atoms with Crippen molar-refractivity contribution in [3.05, 3.63) is 33.1 Å². The number of nitrogens with two attached hydrogens (primary N) is 1. The molecular formula is C16H23N5O4S. The second-order valence-electron chi connectivity index (χ2n) is 6.97. The summed E-state index contributed by atoms with van der Waals surface area (Å²) < 4.78 is 29.8. The summed E-state index contributed by atoms with van der Waals surface area (Å²) in [5.41, 5.74) is 4.06. The smallest absolute Gasteiger partial charge is 0.329 e. The Kier molecular flexibility index (Phi) is 4.76. The molecular weight excluding hydrogens is 358 g/mol. The zero-order chi connectivity index (χ0) is 19.1. The van der Waals surface area contributed by atoms with Crippen molar-refractivity contribution in [1.82, 2.24) is 19.3 Å². The molecule has 9 nitrogen and oxygen atoms in total. The number of hydrogen-bond donors (Lipinski definition) is 3. The van der Waals surface area contributed by atoms with E-state index in [1.807, 2.05) is 6.92 Å². The summed E-state index contributed by atoms with van der Waals surface area (Å²) in [6, 6.07) is 1.24. The van der Waals surface area contributed by atoms with Crippen molar-refractivity contribution in [3.8, 4) is 0 Å². The van der Waals surface area contributed by atoms with E-state index < -0.39 is 26.8 Å². The number of aryl methyl sites for hydroxylation is 1. The van der Waals surface area contributed by atoms with Gasteiger partial charge in [0.25, 0.3) is 5.56 Å². The van der Waals surface area contributed by atoms with Crippen LogP contribution in [-0.4, -0.2) is 35.0 Å². The molecule has 26 heavy (non-hydrogen) atoms. The van der Waals surface area contributed by atoms with Gasteiger partial charge in [-0.1, -0.05) is 19.8 Å².